The molecule has 0 unspecified atom stereocenters. The first-order chi connectivity index (χ1) is 9.74. The minimum atomic E-state index is -0.826. The normalized spacial score (nSPS) is 12.8. The highest BCUT2D eigenvalue weighted by Gasteiger charge is 2.32. The van der Waals surface area contributed by atoms with E-state index < -0.39 is 7.26 Å². The van der Waals surface area contributed by atoms with Gasteiger partial charge in [0, 0.05) is 7.26 Å². The molecule has 0 saturated carbocycles. The van der Waals surface area contributed by atoms with E-state index in [0.717, 1.165) is 0 Å². The predicted octanol–water partition coefficient (Wildman–Crippen LogP) is 7.27. The van der Waals surface area contributed by atoms with Gasteiger partial charge in [0.15, 0.2) is 0 Å². The van der Waals surface area contributed by atoms with Gasteiger partial charge in [-0.15, -0.1) is 0 Å². The molecule has 118 valence electrons. The Balaban J connectivity index is 4.73. The fraction of sp³-hybridized carbons (Fsp3) is 0.789. The summed E-state index contributed by atoms with van der Waals surface area (Å²) in [6, 6.07) is 0. The van der Waals surface area contributed by atoms with Gasteiger partial charge in [0.25, 0.3) is 0 Å². The van der Waals surface area contributed by atoms with Crippen LogP contribution in [0.5, 0.6) is 0 Å². The summed E-state index contributed by atoms with van der Waals surface area (Å²) in [6.45, 7) is 9.24. The van der Waals surface area contributed by atoms with E-state index >= 15 is 0 Å². The van der Waals surface area contributed by atoms with Gasteiger partial charge in [-0.05, 0) is 31.8 Å². The molecule has 0 aromatic rings. The van der Waals surface area contributed by atoms with Crippen LogP contribution in [0.25, 0.3) is 0 Å². The largest absolute Gasteiger partial charge is 0.0844 e. The van der Waals surface area contributed by atoms with Crippen molar-refractivity contribution in [2.24, 2.45) is 0 Å². The van der Waals surface area contributed by atoms with E-state index in [1.165, 1.54) is 69.9 Å². The van der Waals surface area contributed by atoms with Crippen LogP contribution in [-0.4, -0.2) is 18.5 Å². The van der Waals surface area contributed by atoms with Crippen molar-refractivity contribution in [3.05, 3.63) is 24.0 Å². The molecule has 1 heteroatoms. The van der Waals surface area contributed by atoms with Crippen molar-refractivity contribution in [2.45, 2.75) is 79.1 Å². The Morgan fingerprint density at radius 2 is 1.15 bits per heavy atom. The van der Waals surface area contributed by atoms with Gasteiger partial charge >= 0.3 is 0 Å². The molecule has 0 aliphatic carbocycles. The highest BCUT2D eigenvalue weighted by atomic mass is 31.2. The van der Waals surface area contributed by atoms with E-state index in [1.54, 1.807) is 0 Å². The number of hydrogen-bond donors (Lipinski definition) is 0. The fourth-order valence-electron chi connectivity index (χ4n) is 2.55. The Morgan fingerprint density at radius 3 is 1.55 bits per heavy atom. The molecule has 0 aliphatic rings. The average Bonchev–Trinajstić information content (AvgIpc) is 2.48. The molecule has 0 bridgehead atoms. The number of hydrogen-bond acceptors (Lipinski definition) is 0. The first-order valence-electron chi connectivity index (χ1n) is 8.94. The van der Waals surface area contributed by atoms with Crippen LogP contribution in [0.1, 0.15) is 79.1 Å². The Hall–Kier alpha value is -0.0900. The summed E-state index contributed by atoms with van der Waals surface area (Å²) >= 11 is 0. The lowest BCUT2D eigenvalue weighted by atomic mass is 10.3. The summed E-state index contributed by atoms with van der Waals surface area (Å²) < 4.78 is 0. The van der Waals surface area contributed by atoms with Crippen LogP contribution >= 0.6 is 7.26 Å². The van der Waals surface area contributed by atoms with E-state index in [-0.39, 0.29) is 0 Å². The third kappa shape index (κ3) is 9.76. The monoisotopic (exact) mass is 297 g/mol. The van der Waals surface area contributed by atoms with Gasteiger partial charge in [-0.3, -0.25) is 0 Å². The zero-order valence-electron chi connectivity index (χ0n) is 14.5. The van der Waals surface area contributed by atoms with Gasteiger partial charge in [0.2, 0.25) is 0 Å². The second kappa shape index (κ2) is 13.9. The molecule has 0 spiro atoms. The molecule has 0 aliphatic heterocycles. The van der Waals surface area contributed by atoms with Crippen LogP contribution in [0.4, 0.5) is 0 Å². The van der Waals surface area contributed by atoms with E-state index in [2.05, 4.69) is 51.7 Å². The highest BCUT2D eigenvalue weighted by Crippen LogP contribution is 2.62. The third-order valence-corrected chi connectivity index (χ3v) is 8.40. The lowest BCUT2D eigenvalue weighted by Gasteiger charge is -2.24. The lowest BCUT2D eigenvalue weighted by molar-refractivity contribution is 0.840. The Morgan fingerprint density at radius 1 is 0.650 bits per heavy atom. The Bertz CT molecular complexity index is 231. The van der Waals surface area contributed by atoms with Crippen LogP contribution in [0.15, 0.2) is 24.0 Å². The second-order valence-electron chi connectivity index (χ2n) is 6.01. The first-order valence-corrected chi connectivity index (χ1v) is 11.4. The van der Waals surface area contributed by atoms with Crippen molar-refractivity contribution in [1.82, 2.24) is 0 Å². The topological polar surface area (TPSA) is 0 Å². The molecular weight excluding hydrogens is 259 g/mol. The summed E-state index contributed by atoms with van der Waals surface area (Å²) in [6.07, 6.45) is 22.2. The van der Waals surface area contributed by atoms with Crippen molar-refractivity contribution in [1.29, 1.82) is 0 Å². The van der Waals surface area contributed by atoms with Crippen molar-refractivity contribution in [3.63, 3.8) is 0 Å². The molecule has 20 heavy (non-hydrogen) atoms. The zero-order chi connectivity index (χ0) is 15.1. The van der Waals surface area contributed by atoms with Crippen molar-refractivity contribution < 1.29 is 0 Å². The quantitative estimate of drug-likeness (QED) is 0.247. The van der Waals surface area contributed by atoms with Crippen LogP contribution in [0.3, 0.4) is 0 Å². The fourth-order valence-corrected chi connectivity index (χ4v) is 6.97. The Labute approximate surface area is 129 Å². The average molecular weight is 297 g/mol. The third-order valence-electron chi connectivity index (χ3n) is 3.98. The molecule has 0 radical (unpaired) electrons. The van der Waals surface area contributed by atoms with Gasteiger partial charge in [-0.2, -0.15) is 0 Å². The maximum atomic E-state index is 2.65. The Kier molecular flexibility index (Phi) is 13.8. The molecule has 0 atom stereocenters. The summed E-state index contributed by atoms with van der Waals surface area (Å²) in [5.41, 5.74) is 0. The number of allylic oxidation sites excluding steroid dienone is 3. The molecule has 0 amide bonds. The van der Waals surface area contributed by atoms with E-state index in [4.69, 9.17) is 0 Å². The molecule has 0 aromatic carbocycles. The molecule has 0 fully saturated rings. The predicted molar refractivity (Wildman–Crippen MR) is 99.4 cm³/mol. The van der Waals surface area contributed by atoms with Crippen LogP contribution in [0.2, 0.25) is 0 Å². The van der Waals surface area contributed by atoms with Crippen molar-refractivity contribution >= 4 is 7.26 Å². The second-order valence-corrected chi connectivity index (χ2v) is 10.1. The summed E-state index contributed by atoms with van der Waals surface area (Å²) in [5.74, 6) is 2.65. The van der Waals surface area contributed by atoms with Crippen molar-refractivity contribution in [2.75, 3.05) is 18.5 Å². The van der Waals surface area contributed by atoms with Gasteiger partial charge < -0.3 is 0 Å². The molecule has 0 saturated heterocycles. The van der Waals surface area contributed by atoms with Gasteiger partial charge in [0.05, 0.1) is 24.3 Å². The van der Waals surface area contributed by atoms with E-state index in [0.29, 0.717) is 0 Å². The summed E-state index contributed by atoms with van der Waals surface area (Å²) in [5, 5.41) is 0. The van der Waals surface area contributed by atoms with Crippen LogP contribution in [-0.2, 0) is 0 Å². The number of unbranched alkanes of at least 4 members (excludes halogenated alkanes) is 4. The van der Waals surface area contributed by atoms with Crippen LogP contribution in [0, 0.1) is 0 Å². The zero-order valence-corrected chi connectivity index (χ0v) is 15.4. The van der Waals surface area contributed by atoms with Gasteiger partial charge in [-0.25, -0.2) is 0 Å². The molecule has 0 nitrogen and oxygen atoms in total. The number of rotatable bonds is 13. The lowest BCUT2D eigenvalue weighted by Crippen LogP contribution is -2.06. The summed E-state index contributed by atoms with van der Waals surface area (Å²) in [7, 11) is -0.826. The van der Waals surface area contributed by atoms with Gasteiger partial charge in [-0.1, -0.05) is 65.5 Å². The van der Waals surface area contributed by atoms with Gasteiger partial charge in [0.1, 0.15) is 0 Å². The van der Waals surface area contributed by atoms with E-state index in [9.17, 15) is 0 Å². The molecule has 0 N–H and O–H groups in total. The summed E-state index contributed by atoms with van der Waals surface area (Å²) in [4.78, 5) is 0. The van der Waals surface area contributed by atoms with Crippen LogP contribution < -0.4 is 0 Å². The minimum Gasteiger partial charge on any atom is -0.0844 e. The van der Waals surface area contributed by atoms with E-state index in [1.807, 2.05) is 0 Å². The SMILES string of the molecule is CCC/C=C/C=C/[P+](CCCC)(CCCC)CCCC. The molecule has 0 aromatic heterocycles. The standard InChI is InChI=1S/C19H38P/c1-5-9-13-14-15-19-20(16-10-6-2,17-11-7-3)18-12-8-4/h13-15,19H,5-12,16-18H2,1-4H3/q+1/b14-13+,19-15+. The molecule has 0 rings (SSSR count). The molecular formula is C19H38P+. The highest BCUT2D eigenvalue weighted by molar-refractivity contribution is 7.78. The maximum absolute atomic E-state index is 2.65. The first kappa shape index (κ1) is 19.9. The minimum absolute atomic E-state index is 0.826. The maximum Gasteiger partial charge on any atom is 0.0635 e. The smallest absolute Gasteiger partial charge is 0.0635 e. The molecule has 0 heterocycles. The van der Waals surface area contributed by atoms with Crippen molar-refractivity contribution in [3.8, 4) is 0 Å².